The highest BCUT2D eigenvalue weighted by Crippen LogP contribution is 2.20. The summed E-state index contributed by atoms with van der Waals surface area (Å²) in [7, 11) is 0. The second-order valence-corrected chi connectivity index (χ2v) is 4.56. The number of nitrogens with one attached hydrogen (secondary N) is 1. The summed E-state index contributed by atoms with van der Waals surface area (Å²) in [5.74, 6) is -0.266. The average molecular weight is 254 g/mol. The lowest BCUT2D eigenvalue weighted by molar-refractivity contribution is -0.387. The molecule has 0 fully saturated rings. The van der Waals surface area contributed by atoms with Gasteiger partial charge in [-0.25, -0.2) is 0 Å². The monoisotopic (exact) mass is 254 g/mol. The Morgan fingerprint density at radius 1 is 1.44 bits per heavy atom. The maximum Gasteiger partial charge on any atom is 0.305 e. The maximum atomic E-state index is 13.8. The van der Waals surface area contributed by atoms with Crippen LogP contribution in [-0.4, -0.2) is 11.0 Å². The summed E-state index contributed by atoms with van der Waals surface area (Å²) in [4.78, 5) is 9.91. The molecule has 1 aromatic carbocycles. The van der Waals surface area contributed by atoms with Crippen LogP contribution in [0.3, 0.4) is 0 Å². The first-order chi connectivity index (χ1) is 8.47. The van der Waals surface area contributed by atoms with Crippen molar-refractivity contribution < 1.29 is 9.31 Å². The molecule has 0 saturated carbocycles. The molecule has 5 heteroatoms. The molecule has 100 valence electrons. The molecular weight excluding hydrogens is 235 g/mol. The normalized spacial score (nSPS) is 14.2. The Kier molecular flexibility index (Phi) is 5.22. The van der Waals surface area contributed by atoms with Gasteiger partial charge in [0.05, 0.1) is 4.92 Å². The molecule has 0 spiro atoms. The van der Waals surface area contributed by atoms with Crippen LogP contribution in [0.25, 0.3) is 0 Å². The van der Waals surface area contributed by atoms with Gasteiger partial charge in [-0.05, 0) is 12.8 Å². The molecule has 2 unspecified atom stereocenters. The zero-order valence-corrected chi connectivity index (χ0v) is 10.9. The van der Waals surface area contributed by atoms with Gasteiger partial charge in [-0.2, -0.15) is 4.39 Å². The van der Waals surface area contributed by atoms with Gasteiger partial charge in [0, 0.05) is 24.2 Å². The van der Waals surface area contributed by atoms with E-state index in [4.69, 9.17) is 0 Å². The fraction of sp³-hybridized carbons (Fsp3) is 0.538. The van der Waals surface area contributed by atoms with Gasteiger partial charge in [0.2, 0.25) is 5.82 Å². The Morgan fingerprint density at radius 3 is 2.67 bits per heavy atom. The molecule has 0 amide bonds. The molecule has 0 heterocycles. The van der Waals surface area contributed by atoms with Crippen LogP contribution < -0.4 is 5.32 Å². The molecule has 4 nitrogen and oxygen atoms in total. The predicted molar refractivity (Wildman–Crippen MR) is 68.8 cm³/mol. The van der Waals surface area contributed by atoms with Crippen LogP contribution in [0, 0.1) is 21.8 Å². The number of nitro benzene ring substituents is 1. The maximum absolute atomic E-state index is 13.8. The van der Waals surface area contributed by atoms with Crippen molar-refractivity contribution in [2.24, 2.45) is 5.92 Å². The third-order valence-corrected chi connectivity index (χ3v) is 3.37. The Balaban J connectivity index is 2.74. The van der Waals surface area contributed by atoms with Crippen molar-refractivity contribution in [3.8, 4) is 0 Å². The SMILES string of the molecule is CCC(C)C(C)NCc1cccc([N+](=O)[O-])c1F. The van der Waals surface area contributed by atoms with Crippen LogP contribution in [0.4, 0.5) is 10.1 Å². The molecule has 18 heavy (non-hydrogen) atoms. The molecule has 0 saturated heterocycles. The fourth-order valence-electron chi connectivity index (χ4n) is 1.67. The topological polar surface area (TPSA) is 55.2 Å². The first-order valence-electron chi connectivity index (χ1n) is 6.12. The number of hydrogen-bond donors (Lipinski definition) is 1. The number of nitrogens with zero attached hydrogens (tertiary/aromatic N) is 1. The second-order valence-electron chi connectivity index (χ2n) is 4.56. The van der Waals surface area contributed by atoms with Crippen LogP contribution in [0.2, 0.25) is 0 Å². The van der Waals surface area contributed by atoms with E-state index in [2.05, 4.69) is 19.2 Å². The molecule has 0 radical (unpaired) electrons. The van der Waals surface area contributed by atoms with E-state index in [0.29, 0.717) is 18.0 Å². The standard InChI is InChI=1S/C13H19FN2O2/c1-4-9(2)10(3)15-8-11-6-5-7-12(13(11)14)16(17)18/h5-7,9-10,15H,4,8H2,1-3H3. The van der Waals surface area contributed by atoms with Gasteiger partial charge in [-0.1, -0.05) is 32.4 Å². The molecule has 0 bridgehead atoms. The van der Waals surface area contributed by atoms with E-state index in [1.54, 1.807) is 6.07 Å². The van der Waals surface area contributed by atoms with E-state index in [-0.39, 0.29) is 6.04 Å². The second kappa shape index (κ2) is 6.44. The average Bonchev–Trinajstić information content (AvgIpc) is 2.35. The van der Waals surface area contributed by atoms with Gasteiger partial charge in [0.15, 0.2) is 0 Å². The Hall–Kier alpha value is -1.49. The summed E-state index contributed by atoms with van der Waals surface area (Å²) >= 11 is 0. The minimum atomic E-state index is -0.744. The lowest BCUT2D eigenvalue weighted by Crippen LogP contribution is -2.31. The number of nitro groups is 1. The third kappa shape index (κ3) is 3.50. The predicted octanol–water partition coefficient (Wildman–Crippen LogP) is 3.26. The van der Waals surface area contributed by atoms with E-state index in [0.717, 1.165) is 6.42 Å². The summed E-state index contributed by atoms with van der Waals surface area (Å²) in [6.07, 6.45) is 1.03. The molecule has 0 aliphatic carbocycles. The number of halogens is 1. The van der Waals surface area contributed by atoms with Crippen LogP contribution in [0.1, 0.15) is 32.8 Å². The van der Waals surface area contributed by atoms with Crippen molar-refractivity contribution in [2.45, 2.75) is 39.8 Å². The first kappa shape index (κ1) is 14.6. The highest BCUT2D eigenvalue weighted by Gasteiger charge is 2.18. The third-order valence-electron chi connectivity index (χ3n) is 3.37. The lowest BCUT2D eigenvalue weighted by atomic mass is 10.0. The Labute approximate surface area is 106 Å². The van der Waals surface area contributed by atoms with Crippen molar-refractivity contribution in [3.05, 3.63) is 39.7 Å². The van der Waals surface area contributed by atoms with Crippen molar-refractivity contribution in [3.63, 3.8) is 0 Å². The minimum absolute atomic E-state index is 0.244. The molecule has 1 aromatic rings. The molecule has 1 N–H and O–H groups in total. The van der Waals surface area contributed by atoms with Crippen LogP contribution in [0.15, 0.2) is 18.2 Å². The quantitative estimate of drug-likeness (QED) is 0.626. The smallest absolute Gasteiger partial charge is 0.305 e. The summed E-state index contributed by atoms with van der Waals surface area (Å²) in [5, 5.41) is 13.8. The van der Waals surface area contributed by atoms with Gasteiger partial charge in [0.1, 0.15) is 0 Å². The highest BCUT2D eigenvalue weighted by atomic mass is 19.1. The first-order valence-corrected chi connectivity index (χ1v) is 6.12. The Morgan fingerprint density at radius 2 is 2.11 bits per heavy atom. The molecule has 0 aliphatic rings. The summed E-state index contributed by atoms with van der Waals surface area (Å²) < 4.78 is 13.8. The number of hydrogen-bond acceptors (Lipinski definition) is 3. The van der Waals surface area contributed by atoms with Crippen LogP contribution >= 0.6 is 0 Å². The van der Waals surface area contributed by atoms with Crippen LogP contribution in [-0.2, 0) is 6.54 Å². The zero-order valence-electron chi connectivity index (χ0n) is 10.9. The van der Waals surface area contributed by atoms with Gasteiger partial charge in [-0.3, -0.25) is 10.1 Å². The largest absolute Gasteiger partial charge is 0.310 e. The number of benzene rings is 1. The van der Waals surface area contributed by atoms with Gasteiger partial charge in [0.25, 0.3) is 0 Å². The van der Waals surface area contributed by atoms with Gasteiger partial charge in [-0.15, -0.1) is 0 Å². The zero-order chi connectivity index (χ0) is 13.7. The van der Waals surface area contributed by atoms with Gasteiger partial charge >= 0.3 is 5.69 Å². The van der Waals surface area contributed by atoms with Crippen molar-refractivity contribution >= 4 is 5.69 Å². The summed E-state index contributed by atoms with van der Waals surface area (Å²) in [6, 6.07) is 4.50. The molecule has 1 rings (SSSR count). The van der Waals surface area contributed by atoms with Crippen LogP contribution in [0.5, 0.6) is 0 Å². The lowest BCUT2D eigenvalue weighted by Gasteiger charge is -2.20. The van der Waals surface area contributed by atoms with E-state index < -0.39 is 16.4 Å². The van der Waals surface area contributed by atoms with Crippen molar-refractivity contribution in [2.75, 3.05) is 0 Å². The molecular formula is C13H19FN2O2. The molecule has 2 atom stereocenters. The van der Waals surface area contributed by atoms with Crippen molar-refractivity contribution in [1.29, 1.82) is 0 Å². The summed E-state index contributed by atoms with van der Waals surface area (Å²) in [6.45, 7) is 6.54. The fourth-order valence-corrected chi connectivity index (χ4v) is 1.67. The van der Waals surface area contributed by atoms with E-state index in [1.807, 2.05) is 6.92 Å². The van der Waals surface area contributed by atoms with Crippen molar-refractivity contribution in [1.82, 2.24) is 5.32 Å². The van der Waals surface area contributed by atoms with Gasteiger partial charge < -0.3 is 5.32 Å². The summed E-state index contributed by atoms with van der Waals surface area (Å²) in [5.41, 5.74) is -0.134. The minimum Gasteiger partial charge on any atom is -0.310 e. The molecule has 0 aromatic heterocycles. The number of rotatable bonds is 6. The van der Waals surface area contributed by atoms with E-state index in [9.17, 15) is 14.5 Å². The highest BCUT2D eigenvalue weighted by molar-refractivity contribution is 5.36. The Bertz CT molecular complexity index is 423. The molecule has 0 aliphatic heterocycles. The van der Waals surface area contributed by atoms with E-state index >= 15 is 0 Å². The van der Waals surface area contributed by atoms with E-state index in [1.165, 1.54) is 12.1 Å².